The Kier molecular flexibility index (Phi) is 4.24. The third-order valence-electron chi connectivity index (χ3n) is 3.96. The molecule has 0 aromatic carbocycles. The van der Waals surface area contributed by atoms with Crippen molar-refractivity contribution in [1.82, 2.24) is 20.0 Å². The lowest BCUT2D eigenvalue weighted by Gasteiger charge is -2.41. The van der Waals surface area contributed by atoms with Crippen LogP contribution < -0.4 is 4.90 Å². The number of aliphatic hydroxyl groups is 1. The van der Waals surface area contributed by atoms with Crippen LogP contribution in [0.2, 0.25) is 0 Å². The minimum atomic E-state index is -0.996. The molecule has 1 N–H and O–H groups in total. The number of β-amino-alcohol motifs (C(OH)–C–C–N with tert-alkyl or cyclic N) is 1. The molecule has 3 rings (SSSR count). The number of hydrogen-bond acceptors (Lipinski definition) is 7. The second-order valence-electron chi connectivity index (χ2n) is 5.86. The first-order valence-electron chi connectivity index (χ1n) is 7.47. The van der Waals surface area contributed by atoms with Crippen LogP contribution in [0.3, 0.4) is 0 Å². The van der Waals surface area contributed by atoms with E-state index < -0.39 is 5.60 Å². The standard InChI is InChI=1S/C15H19N5O3/c1-19(14(21)12-3-8-23-18-12)10-15(22)4-2-7-20(11-15)13-9-16-5-6-17-13/h3,5-6,8-9,22H,2,4,7,10-11H2,1H3/t15-/m0/s1. The molecule has 1 saturated heterocycles. The van der Waals surface area contributed by atoms with Crippen molar-refractivity contribution in [3.63, 3.8) is 0 Å². The Balaban J connectivity index is 1.67. The van der Waals surface area contributed by atoms with Crippen LogP contribution in [0.5, 0.6) is 0 Å². The van der Waals surface area contributed by atoms with Gasteiger partial charge in [0.25, 0.3) is 5.91 Å². The fraction of sp³-hybridized carbons (Fsp3) is 0.467. The van der Waals surface area contributed by atoms with E-state index in [2.05, 4.69) is 15.1 Å². The Morgan fingerprint density at radius 2 is 2.39 bits per heavy atom. The molecule has 23 heavy (non-hydrogen) atoms. The molecule has 0 radical (unpaired) electrons. The quantitative estimate of drug-likeness (QED) is 0.880. The largest absolute Gasteiger partial charge is 0.386 e. The smallest absolute Gasteiger partial charge is 0.275 e. The SMILES string of the molecule is CN(C[C@@]1(O)CCCN(c2cnccn2)C1)C(=O)c1ccon1. The van der Waals surface area contributed by atoms with Crippen LogP contribution >= 0.6 is 0 Å². The number of rotatable bonds is 4. The summed E-state index contributed by atoms with van der Waals surface area (Å²) in [6.07, 6.45) is 7.72. The van der Waals surface area contributed by atoms with E-state index in [1.54, 1.807) is 25.6 Å². The van der Waals surface area contributed by atoms with E-state index in [-0.39, 0.29) is 18.1 Å². The fourth-order valence-electron chi connectivity index (χ4n) is 2.92. The normalized spacial score (nSPS) is 21.2. The number of aromatic nitrogens is 3. The molecule has 1 aliphatic rings. The minimum Gasteiger partial charge on any atom is -0.386 e. The van der Waals surface area contributed by atoms with E-state index in [9.17, 15) is 9.90 Å². The van der Waals surface area contributed by atoms with E-state index in [0.29, 0.717) is 13.0 Å². The van der Waals surface area contributed by atoms with E-state index in [0.717, 1.165) is 18.8 Å². The first-order valence-corrected chi connectivity index (χ1v) is 7.47. The van der Waals surface area contributed by atoms with Crippen molar-refractivity contribution in [2.24, 2.45) is 0 Å². The van der Waals surface area contributed by atoms with Crippen molar-refractivity contribution >= 4 is 11.7 Å². The highest BCUT2D eigenvalue weighted by molar-refractivity contribution is 5.91. The second-order valence-corrected chi connectivity index (χ2v) is 5.86. The third-order valence-corrected chi connectivity index (χ3v) is 3.96. The molecule has 1 fully saturated rings. The van der Waals surface area contributed by atoms with Crippen molar-refractivity contribution in [3.05, 3.63) is 36.6 Å². The number of anilines is 1. The second kappa shape index (κ2) is 6.33. The van der Waals surface area contributed by atoms with Gasteiger partial charge in [-0.25, -0.2) is 4.98 Å². The molecule has 1 atom stereocenters. The summed E-state index contributed by atoms with van der Waals surface area (Å²) in [4.78, 5) is 24.0. The van der Waals surface area contributed by atoms with Crippen molar-refractivity contribution in [2.75, 3.05) is 31.6 Å². The van der Waals surface area contributed by atoms with Crippen molar-refractivity contribution in [2.45, 2.75) is 18.4 Å². The van der Waals surface area contributed by atoms with Crippen LogP contribution in [0.25, 0.3) is 0 Å². The van der Waals surface area contributed by atoms with Crippen molar-refractivity contribution < 1.29 is 14.4 Å². The molecule has 122 valence electrons. The van der Waals surface area contributed by atoms with Gasteiger partial charge in [-0.2, -0.15) is 0 Å². The zero-order valence-corrected chi connectivity index (χ0v) is 12.9. The fourth-order valence-corrected chi connectivity index (χ4v) is 2.92. The van der Waals surface area contributed by atoms with Crippen LogP contribution in [-0.2, 0) is 0 Å². The topological polar surface area (TPSA) is 95.6 Å². The molecule has 0 bridgehead atoms. The van der Waals surface area contributed by atoms with Crippen LogP contribution in [0, 0.1) is 0 Å². The number of likely N-dealkylation sites (N-methyl/N-ethyl adjacent to an activating group) is 1. The zero-order valence-electron chi connectivity index (χ0n) is 12.9. The highest BCUT2D eigenvalue weighted by atomic mass is 16.5. The van der Waals surface area contributed by atoms with Gasteiger partial charge in [-0.1, -0.05) is 5.16 Å². The molecular formula is C15H19N5O3. The molecular weight excluding hydrogens is 298 g/mol. The summed E-state index contributed by atoms with van der Waals surface area (Å²) < 4.78 is 4.69. The maximum Gasteiger partial charge on any atom is 0.275 e. The van der Waals surface area contributed by atoms with Gasteiger partial charge in [0, 0.05) is 38.6 Å². The van der Waals surface area contributed by atoms with E-state index in [1.807, 2.05) is 4.90 Å². The number of amides is 1. The summed E-state index contributed by atoms with van der Waals surface area (Å²) >= 11 is 0. The van der Waals surface area contributed by atoms with E-state index >= 15 is 0 Å². The number of piperidine rings is 1. The molecule has 2 aromatic rings. The number of hydrogen-bond donors (Lipinski definition) is 1. The Bertz CT molecular complexity index is 648. The lowest BCUT2D eigenvalue weighted by Crippen LogP contribution is -2.55. The van der Waals surface area contributed by atoms with Crippen LogP contribution in [0.15, 0.2) is 35.4 Å². The highest BCUT2D eigenvalue weighted by Gasteiger charge is 2.36. The summed E-state index contributed by atoms with van der Waals surface area (Å²) in [5.74, 6) is 0.458. The molecule has 2 aromatic heterocycles. The Morgan fingerprint density at radius 3 is 3.09 bits per heavy atom. The zero-order chi connectivity index (χ0) is 16.3. The Hall–Kier alpha value is -2.48. The number of carbonyl (C=O) groups is 1. The van der Waals surface area contributed by atoms with Gasteiger partial charge in [-0.05, 0) is 12.8 Å². The lowest BCUT2D eigenvalue weighted by molar-refractivity contribution is -0.000388. The first-order chi connectivity index (χ1) is 11.1. The van der Waals surface area contributed by atoms with Gasteiger partial charge in [0.1, 0.15) is 12.1 Å². The van der Waals surface area contributed by atoms with E-state index in [1.165, 1.54) is 17.2 Å². The van der Waals surface area contributed by atoms with Crippen LogP contribution in [0.1, 0.15) is 23.3 Å². The summed E-state index contributed by atoms with van der Waals surface area (Å²) in [7, 11) is 1.65. The van der Waals surface area contributed by atoms with Crippen molar-refractivity contribution in [1.29, 1.82) is 0 Å². The molecule has 8 nitrogen and oxygen atoms in total. The third kappa shape index (κ3) is 3.48. The number of nitrogens with zero attached hydrogens (tertiary/aromatic N) is 5. The van der Waals surface area contributed by atoms with Gasteiger partial charge in [-0.3, -0.25) is 9.78 Å². The minimum absolute atomic E-state index is 0.218. The van der Waals surface area contributed by atoms with Gasteiger partial charge in [-0.15, -0.1) is 0 Å². The van der Waals surface area contributed by atoms with Crippen molar-refractivity contribution in [3.8, 4) is 0 Å². The van der Waals surface area contributed by atoms with Gasteiger partial charge in [0.2, 0.25) is 0 Å². The molecule has 0 saturated carbocycles. The highest BCUT2D eigenvalue weighted by Crippen LogP contribution is 2.25. The maximum absolute atomic E-state index is 12.2. The molecule has 1 amide bonds. The first kappa shape index (κ1) is 15.4. The van der Waals surface area contributed by atoms with Gasteiger partial charge < -0.3 is 19.4 Å². The maximum atomic E-state index is 12.2. The van der Waals surface area contributed by atoms with Gasteiger partial charge in [0.05, 0.1) is 18.3 Å². The van der Waals surface area contributed by atoms with Crippen LogP contribution in [0.4, 0.5) is 5.82 Å². The summed E-state index contributed by atoms with van der Waals surface area (Å²) in [5, 5.41) is 14.5. The number of carbonyl (C=O) groups excluding carboxylic acids is 1. The molecule has 3 heterocycles. The molecule has 8 heteroatoms. The van der Waals surface area contributed by atoms with Crippen LogP contribution in [-0.4, -0.2) is 63.3 Å². The summed E-state index contributed by atoms with van der Waals surface area (Å²) in [6, 6.07) is 1.51. The Morgan fingerprint density at radius 1 is 1.52 bits per heavy atom. The predicted molar refractivity (Wildman–Crippen MR) is 81.9 cm³/mol. The molecule has 0 unspecified atom stereocenters. The van der Waals surface area contributed by atoms with Gasteiger partial charge >= 0.3 is 0 Å². The van der Waals surface area contributed by atoms with Gasteiger partial charge in [0.15, 0.2) is 5.69 Å². The molecule has 0 aliphatic carbocycles. The molecule has 1 aliphatic heterocycles. The average Bonchev–Trinajstić information content (AvgIpc) is 3.09. The summed E-state index contributed by atoms with van der Waals surface area (Å²) in [5.41, 5.74) is -0.762. The predicted octanol–water partition coefficient (Wildman–Crippen LogP) is 0.568. The molecule has 0 spiro atoms. The Labute approximate surface area is 133 Å². The van der Waals surface area contributed by atoms with E-state index in [4.69, 9.17) is 4.52 Å². The lowest BCUT2D eigenvalue weighted by atomic mass is 9.92. The monoisotopic (exact) mass is 317 g/mol. The summed E-state index contributed by atoms with van der Waals surface area (Å²) in [6.45, 7) is 1.43. The average molecular weight is 317 g/mol.